The Labute approximate surface area is 208 Å². The summed E-state index contributed by atoms with van der Waals surface area (Å²) in [4.78, 5) is 22.7. The van der Waals surface area contributed by atoms with Crippen LogP contribution < -0.4 is 0 Å². The predicted octanol–water partition coefficient (Wildman–Crippen LogP) is 5.35. The third kappa shape index (κ3) is 5.20. The fourth-order valence-corrected chi connectivity index (χ4v) is 5.47. The van der Waals surface area contributed by atoms with Gasteiger partial charge in [-0.05, 0) is 69.5 Å². The summed E-state index contributed by atoms with van der Waals surface area (Å²) in [5.74, 6) is 1.12. The lowest BCUT2D eigenvalue weighted by Gasteiger charge is -2.47. The molecule has 2 aromatic heterocycles. The van der Waals surface area contributed by atoms with E-state index in [0.29, 0.717) is 45.3 Å². The Balaban J connectivity index is 1.42. The molecule has 1 spiro atoms. The van der Waals surface area contributed by atoms with E-state index >= 15 is 0 Å². The molecular formula is C26H40ClN5O2. The molecule has 188 valence electrons. The number of aromatic nitrogens is 3. The van der Waals surface area contributed by atoms with Crippen molar-refractivity contribution in [3.05, 3.63) is 22.3 Å². The van der Waals surface area contributed by atoms with Crippen LogP contribution in [0.2, 0.25) is 5.15 Å². The molecule has 2 fully saturated rings. The minimum Gasteiger partial charge on any atom is -0.439 e. The first-order valence-corrected chi connectivity index (χ1v) is 13.1. The van der Waals surface area contributed by atoms with Gasteiger partial charge >= 0.3 is 0 Å². The van der Waals surface area contributed by atoms with E-state index in [1.165, 1.54) is 38.9 Å². The summed E-state index contributed by atoms with van der Waals surface area (Å²) in [5, 5.41) is 4.88. The maximum atomic E-state index is 13.6. The molecule has 2 aliphatic rings. The molecule has 2 saturated heterocycles. The first kappa shape index (κ1) is 25.2. The van der Waals surface area contributed by atoms with Crippen molar-refractivity contribution in [2.75, 3.05) is 32.7 Å². The molecule has 4 rings (SSSR count). The summed E-state index contributed by atoms with van der Waals surface area (Å²) in [6.07, 6.45) is 6.50. The van der Waals surface area contributed by atoms with E-state index in [2.05, 4.69) is 35.8 Å². The van der Waals surface area contributed by atoms with Crippen LogP contribution in [0.3, 0.4) is 0 Å². The van der Waals surface area contributed by atoms with E-state index in [0.717, 1.165) is 31.6 Å². The van der Waals surface area contributed by atoms with Gasteiger partial charge in [-0.2, -0.15) is 5.10 Å². The van der Waals surface area contributed by atoms with Crippen LogP contribution in [0.4, 0.5) is 0 Å². The zero-order valence-electron chi connectivity index (χ0n) is 21.7. The molecule has 2 aliphatic heterocycles. The van der Waals surface area contributed by atoms with Gasteiger partial charge in [-0.15, -0.1) is 0 Å². The van der Waals surface area contributed by atoms with Crippen LogP contribution in [-0.2, 0) is 13.5 Å². The highest BCUT2D eigenvalue weighted by atomic mass is 35.5. The van der Waals surface area contributed by atoms with Crippen molar-refractivity contribution < 1.29 is 9.21 Å². The summed E-state index contributed by atoms with van der Waals surface area (Å²) in [6, 6.07) is 0. The number of aryl methyl sites for hydroxylation is 3. The van der Waals surface area contributed by atoms with E-state index in [9.17, 15) is 4.79 Å². The van der Waals surface area contributed by atoms with Crippen molar-refractivity contribution in [2.45, 2.75) is 73.1 Å². The summed E-state index contributed by atoms with van der Waals surface area (Å²) in [5.41, 5.74) is 2.41. The van der Waals surface area contributed by atoms with Gasteiger partial charge in [0.2, 0.25) is 0 Å². The Kier molecular flexibility index (Phi) is 7.16. The average Bonchev–Trinajstić information content (AvgIpc) is 3.31. The summed E-state index contributed by atoms with van der Waals surface area (Å²) in [7, 11) is 1.76. The number of carbonyl (C=O) groups excluding carboxylic acids is 1. The van der Waals surface area contributed by atoms with Gasteiger partial charge in [-0.3, -0.25) is 9.48 Å². The lowest BCUT2D eigenvalue weighted by molar-refractivity contribution is 0.0283. The maximum absolute atomic E-state index is 13.6. The SMILES string of the molecule is CCc1nc(C)c(-c2nn(C)c(Cl)c2C(=O)N2CCC3(CCN(CCC(C)(C)C)CC3)CC2)o1. The number of hydrogen-bond acceptors (Lipinski definition) is 5. The number of halogens is 1. The van der Waals surface area contributed by atoms with Gasteiger partial charge in [0.15, 0.2) is 11.7 Å². The molecule has 8 heteroatoms. The van der Waals surface area contributed by atoms with Gasteiger partial charge in [0, 0.05) is 26.6 Å². The predicted molar refractivity (Wildman–Crippen MR) is 135 cm³/mol. The van der Waals surface area contributed by atoms with Crippen molar-refractivity contribution >= 4 is 17.5 Å². The fourth-order valence-electron chi connectivity index (χ4n) is 5.26. The topological polar surface area (TPSA) is 67.4 Å². The lowest BCUT2D eigenvalue weighted by Crippen LogP contribution is -2.48. The molecule has 0 saturated carbocycles. The minimum absolute atomic E-state index is 0.0561. The first-order chi connectivity index (χ1) is 16.0. The van der Waals surface area contributed by atoms with Gasteiger partial charge in [-0.1, -0.05) is 39.3 Å². The number of nitrogens with zero attached hydrogens (tertiary/aromatic N) is 5. The van der Waals surface area contributed by atoms with Gasteiger partial charge in [-0.25, -0.2) is 4.98 Å². The normalized spacial score (nSPS) is 19.2. The third-order valence-electron chi connectivity index (χ3n) is 7.76. The molecule has 0 aromatic carbocycles. The molecule has 34 heavy (non-hydrogen) atoms. The van der Waals surface area contributed by atoms with E-state index in [4.69, 9.17) is 16.0 Å². The minimum atomic E-state index is -0.0561. The summed E-state index contributed by atoms with van der Waals surface area (Å²) in [6.45, 7) is 15.9. The van der Waals surface area contributed by atoms with Crippen molar-refractivity contribution in [2.24, 2.45) is 17.9 Å². The molecule has 7 nitrogen and oxygen atoms in total. The van der Waals surface area contributed by atoms with Crippen LogP contribution in [0.15, 0.2) is 4.42 Å². The van der Waals surface area contributed by atoms with Crippen molar-refractivity contribution in [3.8, 4) is 11.5 Å². The fraction of sp³-hybridized carbons (Fsp3) is 0.731. The van der Waals surface area contributed by atoms with Crippen LogP contribution in [0.5, 0.6) is 0 Å². The molecule has 0 radical (unpaired) electrons. The highest BCUT2D eigenvalue weighted by molar-refractivity contribution is 6.33. The van der Waals surface area contributed by atoms with E-state index in [-0.39, 0.29) is 5.91 Å². The maximum Gasteiger partial charge on any atom is 0.259 e. The Morgan fingerprint density at radius 1 is 1.12 bits per heavy atom. The highest BCUT2D eigenvalue weighted by Gasteiger charge is 2.40. The number of rotatable bonds is 5. The van der Waals surface area contributed by atoms with Crippen molar-refractivity contribution in [1.82, 2.24) is 24.6 Å². The van der Waals surface area contributed by atoms with E-state index in [1.54, 1.807) is 11.7 Å². The van der Waals surface area contributed by atoms with Crippen molar-refractivity contribution in [3.63, 3.8) is 0 Å². The second-order valence-electron chi connectivity index (χ2n) is 11.5. The zero-order chi connectivity index (χ0) is 24.7. The van der Waals surface area contributed by atoms with E-state index < -0.39 is 0 Å². The number of oxazole rings is 1. The molecule has 4 heterocycles. The first-order valence-electron chi connectivity index (χ1n) is 12.7. The number of amides is 1. The van der Waals surface area contributed by atoms with Gasteiger partial charge in [0.05, 0.1) is 5.69 Å². The van der Waals surface area contributed by atoms with E-state index in [1.807, 2.05) is 18.7 Å². The number of piperidine rings is 2. The smallest absolute Gasteiger partial charge is 0.259 e. The highest BCUT2D eigenvalue weighted by Crippen LogP contribution is 2.42. The molecule has 1 amide bonds. The van der Waals surface area contributed by atoms with Gasteiger partial charge in [0.25, 0.3) is 5.91 Å². The molecule has 0 N–H and O–H groups in total. The molecule has 0 aliphatic carbocycles. The Hall–Kier alpha value is -1.86. The number of hydrogen-bond donors (Lipinski definition) is 0. The average molecular weight is 490 g/mol. The summed E-state index contributed by atoms with van der Waals surface area (Å²) < 4.78 is 7.47. The molecular weight excluding hydrogens is 450 g/mol. The van der Waals surface area contributed by atoms with Gasteiger partial charge in [0.1, 0.15) is 16.4 Å². The van der Waals surface area contributed by atoms with Gasteiger partial charge < -0.3 is 14.2 Å². The number of carbonyl (C=O) groups is 1. The Bertz CT molecular complexity index is 1020. The van der Waals surface area contributed by atoms with Crippen LogP contribution in [0.25, 0.3) is 11.5 Å². The largest absolute Gasteiger partial charge is 0.439 e. The lowest BCUT2D eigenvalue weighted by atomic mass is 9.71. The quantitative estimate of drug-likeness (QED) is 0.566. The van der Waals surface area contributed by atoms with Crippen LogP contribution >= 0.6 is 11.6 Å². The zero-order valence-corrected chi connectivity index (χ0v) is 22.5. The Morgan fingerprint density at radius 3 is 2.29 bits per heavy atom. The second-order valence-corrected chi connectivity index (χ2v) is 11.8. The Morgan fingerprint density at radius 2 is 1.74 bits per heavy atom. The standard InChI is InChI=1S/C26H40ClN5O2/c1-7-19-28-18(2)22(34-19)21-20(23(27)30(6)29-21)24(33)32-16-11-26(12-17-32)9-14-31(15-10-26)13-8-25(3,4)5/h7-17H2,1-6H3. The van der Waals surface area contributed by atoms with Crippen LogP contribution in [0, 0.1) is 17.8 Å². The molecule has 0 unspecified atom stereocenters. The monoisotopic (exact) mass is 489 g/mol. The van der Waals surface area contributed by atoms with Crippen LogP contribution in [0.1, 0.15) is 81.7 Å². The summed E-state index contributed by atoms with van der Waals surface area (Å²) >= 11 is 6.58. The number of likely N-dealkylation sites (tertiary alicyclic amines) is 2. The molecule has 0 bridgehead atoms. The van der Waals surface area contributed by atoms with Crippen molar-refractivity contribution in [1.29, 1.82) is 0 Å². The third-order valence-corrected chi connectivity index (χ3v) is 8.19. The molecule has 0 atom stereocenters. The second kappa shape index (κ2) is 9.65. The van der Waals surface area contributed by atoms with Crippen LogP contribution in [-0.4, -0.2) is 63.2 Å². The molecule has 2 aromatic rings.